The van der Waals surface area contributed by atoms with Crippen molar-refractivity contribution in [3.05, 3.63) is 50.8 Å². The third-order valence-electron chi connectivity index (χ3n) is 6.14. The van der Waals surface area contributed by atoms with Gasteiger partial charge in [0.1, 0.15) is 11.4 Å². The molecule has 156 valence electrons. The summed E-state index contributed by atoms with van der Waals surface area (Å²) in [5.74, 6) is 0. The van der Waals surface area contributed by atoms with Gasteiger partial charge < -0.3 is 20.4 Å². The molecule has 2 aromatic carbocycles. The van der Waals surface area contributed by atoms with Gasteiger partial charge in [0.2, 0.25) is 0 Å². The fourth-order valence-electron chi connectivity index (χ4n) is 5.27. The van der Waals surface area contributed by atoms with Crippen LogP contribution < -0.4 is 31.3 Å². The maximum Gasteiger partial charge on any atom is 0.253 e. The fourth-order valence-corrected chi connectivity index (χ4v) is 5.27. The molecule has 2 aliphatic heterocycles. The molecule has 2 N–H and O–H groups in total. The van der Waals surface area contributed by atoms with Gasteiger partial charge in [0.05, 0.1) is 0 Å². The Kier molecular flexibility index (Phi) is 4.93. The number of nitrogens with one attached hydrogen (secondary N) is 2. The predicted molar refractivity (Wildman–Crippen MR) is 120 cm³/mol. The van der Waals surface area contributed by atoms with Crippen LogP contribution in [0.3, 0.4) is 0 Å². The maximum absolute atomic E-state index is 12.4. The number of rotatable bonds is 4. The molecule has 2 fully saturated rings. The van der Waals surface area contributed by atoms with Gasteiger partial charge in [0, 0.05) is 49.0 Å². The summed E-state index contributed by atoms with van der Waals surface area (Å²) in [6.07, 6.45) is 1.83. The van der Waals surface area contributed by atoms with Crippen LogP contribution in [0.4, 0.5) is 17.1 Å². The largest absolute Gasteiger partial charge is 0.377 e. The van der Waals surface area contributed by atoms with Crippen LogP contribution in [0.5, 0.6) is 0 Å². The Balaban J connectivity index is 1.46. The minimum Gasteiger partial charge on any atom is -0.377 e. The van der Waals surface area contributed by atoms with E-state index in [0.29, 0.717) is 11.4 Å². The number of benzene rings is 1. The Morgan fingerprint density at radius 3 is 2.00 bits per heavy atom. The first-order chi connectivity index (χ1) is 13.7. The lowest BCUT2D eigenvalue weighted by Crippen LogP contribution is -2.61. The zero-order valence-corrected chi connectivity index (χ0v) is 17.9. The first kappa shape index (κ1) is 20.0. The van der Waals surface area contributed by atoms with Crippen molar-refractivity contribution in [2.45, 2.75) is 57.7 Å². The summed E-state index contributed by atoms with van der Waals surface area (Å²) in [5, 5.41) is 7.11. The molecule has 6 nitrogen and oxygen atoms in total. The zero-order chi connectivity index (χ0) is 20.8. The molecule has 2 saturated heterocycles. The number of anilines is 3. The highest BCUT2D eigenvalue weighted by molar-refractivity contribution is 5.76. The van der Waals surface area contributed by atoms with E-state index in [4.69, 9.17) is 0 Å². The Bertz CT molecular complexity index is 920. The molecule has 0 aromatic heterocycles. The number of piperidine rings is 1. The van der Waals surface area contributed by atoms with Gasteiger partial charge in [-0.25, -0.2) is 0 Å². The van der Waals surface area contributed by atoms with Crippen molar-refractivity contribution >= 4 is 17.1 Å². The average molecular weight is 397 g/mol. The molecule has 29 heavy (non-hydrogen) atoms. The van der Waals surface area contributed by atoms with Gasteiger partial charge in [-0.05, 0) is 52.7 Å². The lowest BCUT2D eigenvalue weighted by atomic mass is 9.79. The minimum absolute atomic E-state index is 0.0156. The highest BCUT2D eigenvalue weighted by Gasteiger charge is 2.39. The lowest BCUT2D eigenvalue weighted by Gasteiger charge is -2.47. The highest BCUT2D eigenvalue weighted by atomic mass is 16.2. The Hall–Kier alpha value is -2.34. The van der Waals surface area contributed by atoms with Gasteiger partial charge in [0.15, 0.2) is 0 Å². The van der Waals surface area contributed by atoms with Crippen LogP contribution in [-0.2, 0) is 0 Å². The Labute approximate surface area is 172 Å². The van der Waals surface area contributed by atoms with Crippen molar-refractivity contribution in [1.29, 1.82) is 0 Å². The normalized spacial score (nSPS) is 22.1. The SMILES string of the molecule is CC1(C)CC(Nc2c(N3CCN(c4ccccc4)CC3)c(=O)c2=O)CC(C)(C)N1. The van der Waals surface area contributed by atoms with Crippen LogP contribution in [0.15, 0.2) is 39.9 Å². The first-order valence-corrected chi connectivity index (χ1v) is 10.6. The minimum atomic E-state index is -0.361. The van der Waals surface area contributed by atoms with E-state index in [1.165, 1.54) is 5.69 Å². The average Bonchev–Trinajstić information content (AvgIpc) is 2.66. The van der Waals surface area contributed by atoms with Crippen LogP contribution in [-0.4, -0.2) is 43.3 Å². The summed E-state index contributed by atoms with van der Waals surface area (Å²) >= 11 is 0. The summed E-state index contributed by atoms with van der Waals surface area (Å²) in [6, 6.07) is 10.5. The second-order valence-electron chi connectivity index (χ2n) is 9.83. The van der Waals surface area contributed by atoms with E-state index in [0.717, 1.165) is 39.0 Å². The summed E-state index contributed by atoms with van der Waals surface area (Å²) in [7, 11) is 0. The highest BCUT2D eigenvalue weighted by Crippen LogP contribution is 2.32. The van der Waals surface area contributed by atoms with E-state index in [2.05, 4.69) is 60.3 Å². The van der Waals surface area contributed by atoms with Crippen LogP contribution >= 0.6 is 0 Å². The molecule has 0 amide bonds. The van der Waals surface area contributed by atoms with Crippen LogP contribution in [0, 0.1) is 0 Å². The van der Waals surface area contributed by atoms with Gasteiger partial charge in [-0.15, -0.1) is 0 Å². The number of nitrogens with zero attached hydrogens (tertiary/aromatic N) is 2. The van der Waals surface area contributed by atoms with E-state index in [1.807, 2.05) is 18.2 Å². The molecule has 0 atom stereocenters. The maximum atomic E-state index is 12.4. The van der Waals surface area contributed by atoms with Gasteiger partial charge in [-0.1, -0.05) is 18.2 Å². The van der Waals surface area contributed by atoms with Crippen LogP contribution in [0.2, 0.25) is 0 Å². The number of para-hydroxylation sites is 1. The quantitative estimate of drug-likeness (QED) is 0.774. The van der Waals surface area contributed by atoms with Crippen LogP contribution in [0.25, 0.3) is 0 Å². The first-order valence-electron chi connectivity index (χ1n) is 10.6. The molecule has 2 aromatic rings. The molecule has 0 aliphatic carbocycles. The van der Waals surface area contributed by atoms with E-state index in [9.17, 15) is 9.59 Å². The molecule has 0 saturated carbocycles. The van der Waals surface area contributed by atoms with Crippen molar-refractivity contribution in [3.63, 3.8) is 0 Å². The summed E-state index contributed by atoms with van der Waals surface area (Å²) in [6.45, 7) is 11.9. The molecule has 0 radical (unpaired) electrons. The van der Waals surface area contributed by atoms with Crippen molar-refractivity contribution < 1.29 is 0 Å². The molecule has 0 unspecified atom stereocenters. The van der Waals surface area contributed by atoms with E-state index in [-0.39, 0.29) is 28.0 Å². The second kappa shape index (κ2) is 7.17. The smallest absolute Gasteiger partial charge is 0.253 e. The van der Waals surface area contributed by atoms with E-state index < -0.39 is 0 Å². The molecular weight excluding hydrogens is 364 g/mol. The lowest BCUT2D eigenvalue weighted by molar-refractivity contribution is 0.170. The van der Waals surface area contributed by atoms with Crippen molar-refractivity contribution in [3.8, 4) is 0 Å². The molecule has 4 rings (SSSR count). The Morgan fingerprint density at radius 2 is 1.41 bits per heavy atom. The summed E-state index contributed by atoms with van der Waals surface area (Å²) < 4.78 is 0. The third kappa shape index (κ3) is 4.04. The van der Waals surface area contributed by atoms with Gasteiger partial charge in [-0.3, -0.25) is 9.59 Å². The van der Waals surface area contributed by atoms with E-state index in [1.54, 1.807) is 0 Å². The molecule has 2 aliphatic rings. The molecule has 0 bridgehead atoms. The summed E-state index contributed by atoms with van der Waals surface area (Å²) in [5.41, 5.74) is 1.59. The fraction of sp³-hybridized carbons (Fsp3) is 0.565. The summed E-state index contributed by atoms with van der Waals surface area (Å²) in [4.78, 5) is 29.2. The van der Waals surface area contributed by atoms with Gasteiger partial charge >= 0.3 is 0 Å². The number of hydrogen-bond donors (Lipinski definition) is 2. The Morgan fingerprint density at radius 1 is 0.862 bits per heavy atom. The standard InChI is InChI=1S/C23H32N4O2/c1-22(2)14-16(15-23(3,4)25-22)24-18-19(21(29)20(18)28)27-12-10-26(11-13-27)17-8-6-5-7-9-17/h5-9,16,24-25H,10-15H2,1-4H3. The third-order valence-corrected chi connectivity index (χ3v) is 6.14. The molecule has 2 heterocycles. The van der Waals surface area contributed by atoms with Crippen molar-refractivity contribution in [2.24, 2.45) is 0 Å². The van der Waals surface area contributed by atoms with Crippen LogP contribution in [0.1, 0.15) is 40.5 Å². The molecule has 0 spiro atoms. The van der Waals surface area contributed by atoms with Crippen molar-refractivity contribution in [1.82, 2.24) is 5.32 Å². The number of piperazine rings is 1. The predicted octanol–water partition coefficient (Wildman–Crippen LogP) is 2.33. The van der Waals surface area contributed by atoms with E-state index >= 15 is 0 Å². The second-order valence-corrected chi connectivity index (χ2v) is 9.83. The van der Waals surface area contributed by atoms with Gasteiger partial charge in [-0.2, -0.15) is 0 Å². The monoisotopic (exact) mass is 396 g/mol. The number of hydrogen-bond acceptors (Lipinski definition) is 6. The topological polar surface area (TPSA) is 64.7 Å². The zero-order valence-electron chi connectivity index (χ0n) is 17.9. The molecule has 6 heteroatoms. The van der Waals surface area contributed by atoms with Crippen molar-refractivity contribution in [2.75, 3.05) is 41.3 Å². The molecular formula is C23H32N4O2. The van der Waals surface area contributed by atoms with Gasteiger partial charge in [0.25, 0.3) is 10.9 Å².